The zero-order valence-corrected chi connectivity index (χ0v) is 15.4. The number of rotatable bonds is 5. The molecule has 4 N–H and O–H groups in total. The summed E-state index contributed by atoms with van der Waals surface area (Å²) in [6.45, 7) is 2.21. The van der Waals surface area contributed by atoms with Crippen LogP contribution in [0.5, 0.6) is 0 Å². The van der Waals surface area contributed by atoms with Gasteiger partial charge in [-0.05, 0) is 24.3 Å². The average molecular weight is 394 g/mol. The molecule has 29 heavy (non-hydrogen) atoms. The molecule has 2 aromatic heterocycles. The number of amides is 1. The number of benzene rings is 1. The number of hydroxylamine groups is 1. The van der Waals surface area contributed by atoms with E-state index in [1.807, 2.05) is 12.1 Å². The second-order valence-corrected chi connectivity index (χ2v) is 7.51. The van der Waals surface area contributed by atoms with E-state index in [0.717, 1.165) is 29.7 Å². The molecule has 0 spiro atoms. The van der Waals surface area contributed by atoms with Crippen LogP contribution in [-0.4, -0.2) is 45.2 Å². The molecular formula is C20H19FN6O2. The Morgan fingerprint density at radius 3 is 2.90 bits per heavy atom. The fourth-order valence-electron chi connectivity index (χ4n) is 4.40. The summed E-state index contributed by atoms with van der Waals surface area (Å²) in [4.78, 5) is 24.8. The van der Waals surface area contributed by atoms with E-state index in [4.69, 9.17) is 5.21 Å². The topological polar surface area (TPSA) is 112 Å². The predicted molar refractivity (Wildman–Crippen MR) is 102 cm³/mol. The number of piperidine rings is 1. The third-order valence-electron chi connectivity index (χ3n) is 5.94. The number of fused-ring (bicyclic) bond motifs is 2. The standard InChI is InChI=1S/C20H19FN6O2/c21-13-2-4-16-11(5-13)1-3-14(26-16)8-23-17-15-9-22-10-20(15,17)19-24-6-12(7-25-19)18(28)27-29/h1-7,15,17,22-23,29H,8-10H2,(H,27,28). The van der Waals surface area contributed by atoms with E-state index >= 15 is 0 Å². The van der Waals surface area contributed by atoms with Crippen LogP contribution in [0.15, 0.2) is 42.7 Å². The van der Waals surface area contributed by atoms with Crippen molar-refractivity contribution in [3.63, 3.8) is 0 Å². The molecule has 9 heteroatoms. The Hall–Kier alpha value is -3.01. The second-order valence-electron chi connectivity index (χ2n) is 7.51. The first kappa shape index (κ1) is 18.0. The van der Waals surface area contributed by atoms with Crippen molar-refractivity contribution in [1.82, 2.24) is 31.1 Å². The highest BCUT2D eigenvalue weighted by Crippen LogP contribution is 2.55. The Labute approximate surface area is 165 Å². The highest BCUT2D eigenvalue weighted by molar-refractivity contribution is 5.92. The largest absolute Gasteiger partial charge is 0.315 e. The number of aromatic nitrogens is 3. The van der Waals surface area contributed by atoms with Crippen LogP contribution >= 0.6 is 0 Å². The normalized spacial score (nSPS) is 25.0. The summed E-state index contributed by atoms with van der Waals surface area (Å²) in [7, 11) is 0. The minimum Gasteiger partial charge on any atom is -0.315 e. The number of halogens is 1. The van der Waals surface area contributed by atoms with Gasteiger partial charge in [-0.1, -0.05) is 6.07 Å². The molecule has 1 saturated carbocycles. The number of carbonyl (C=O) groups excluding carboxylic acids is 1. The van der Waals surface area contributed by atoms with Gasteiger partial charge in [-0.2, -0.15) is 0 Å². The molecule has 1 saturated heterocycles. The number of hydrogen-bond acceptors (Lipinski definition) is 7. The lowest BCUT2D eigenvalue weighted by Gasteiger charge is -2.15. The average Bonchev–Trinajstić information content (AvgIpc) is 3.14. The number of carbonyl (C=O) groups is 1. The molecule has 3 heterocycles. The lowest BCUT2D eigenvalue weighted by Crippen LogP contribution is -2.34. The quantitative estimate of drug-likeness (QED) is 0.376. The lowest BCUT2D eigenvalue weighted by molar-refractivity contribution is 0.0705. The summed E-state index contributed by atoms with van der Waals surface area (Å²) in [5, 5.41) is 16.4. The van der Waals surface area contributed by atoms with E-state index in [-0.39, 0.29) is 22.8 Å². The summed E-state index contributed by atoms with van der Waals surface area (Å²) in [6.07, 6.45) is 2.86. The first-order valence-electron chi connectivity index (χ1n) is 9.38. The number of nitrogens with one attached hydrogen (secondary N) is 3. The molecule has 1 amide bonds. The van der Waals surface area contributed by atoms with Gasteiger partial charge in [0.05, 0.1) is 22.2 Å². The van der Waals surface area contributed by atoms with Crippen LogP contribution in [0.1, 0.15) is 21.9 Å². The molecule has 5 rings (SSSR count). The molecule has 2 aliphatic rings. The Balaban J connectivity index is 1.32. The van der Waals surface area contributed by atoms with E-state index in [1.165, 1.54) is 24.5 Å². The molecule has 1 aromatic carbocycles. The molecule has 0 bridgehead atoms. The summed E-state index contributed by atoms with van der Waals surface area (Å²) in [6, 6.07) is 8.55. The monoisotopic (exact) mass is 394 g/mol. The fourth-order valence-corrected chi connectivity index (χ4v) is 4.40. The first-order valence-corrected chi connectivity index (χ1v) is 9.38. The molecule has 3 unspecified atom stereocenters. The van der Waals surface area contributed by atoms with Gasteiger partial charge in [0.25, 0.3) is 5.91 Å². The van der Waals surface area contributed by atoms with Gasteiger partial charge in [0.15, 0.2) is 0 Å². The van der Waals surface area contributed by atoms with Gasteiger partial charge in [-0.15, -0.1) is 0 Å². The van der Waals surface area contributed by atoms with E-state index in [2.05, 4.69) is 25.6 Å². The Bertz CT molecular complexity index is 1090. The minimum atomic E-state index is -0.636. The number of pyridine rings is 1. The second kappa shape index (κ2) is 6.80. The molecule has 0 radical (unpaired) electrons. The summed E-state index contributed by atoms with van der Waals surface area (Å²) in [5.41, 5.74) is 3.22. The number of hydrogen-bond donors (Lipinski definition) is 4. The Morgan fingerprint density at radius 1 is 1.28 bits per heavy atom. The Morgan fingerprint density at radius 2 is 2.10 bits per heavy atom. The van der Waals surface area contributed by atoms with Crippen LogP contribution in [0, 0.1) is 11.7 Å². The molecule has 2 fully saturated rings. The van der Waals surface area contributed by atoms with Gasteiger partial charge < -0.3 is 10.6 Å². The maximum Gasteiger partial charge on any atom is 0.277 e. The molecule has 148 valence electrons. The van der Waals surface area contributed by atoms with Crippen molar-refractivity contribution in [2.75, 3.05) is 13.1 Å². The van der Waals surface area contributed by atoms with Crippen molar-refractivity contribution in [2.45, 2.75) is 18.0 Å². The van der Waals surface area contributed by atoms with Gasteiger partial charge >= 0.3 is 0 Å². The van der Waals surface area contributed by atoms with E-state index in [1.54, 1.807) is 11.5 Å². The third-order valence-corrected chi connectivity index (χ3v) is 5.94. The van der Waals surface area contributed by atoms with E-state index in [0.29, 0.717) is 18.3 Å². The van der Waals surface area contributed by atoms with Crippen molar-refractivity contribution in [3.8, 4) is 0 Å². The van der Waals surface area contributed by atoms with Crippen molar-refractivity contribution in [2.24, 2.45) is 5.92 Å². The summed E-state index contributed by atoms with van der Waals surface area (Å²) in [5.74, 6) is 0.131. The minimum absolute atomic E-state index is 0.201. The van der Waals surface area contributed by atoms with Crippen molar-refractivity contribution < 1.29 is 14.4 Å². The van der Waals surface area contributed by atoms with Gasteiger partial charge in [0.1, 0.15) is 11.6 Å². The predicted octanol–water partition coefficient (Wildman–Crippen LogP) is 0.912. The van der Waals surface area contributed by atoms with Crippen LogP contribution in [0.25, 0.3) is 10.9 Å². The zero-order chi connectivity index (χ0) is 20.0. The smallest absolute Gasteiger partial charge is 0.277 e. The zero-order valence-electron chi connectivity index (χ0n) is 15.4. The van der Waals surface area contributed by atoms with Crippen LogP contribution < -0.4 is 16.1 Å². The van der Waals surface area contributed by atoms with Crippen LogP contribution in [-0.2, 0) is 12.0 Å². The number of nitrogens with zero attached hydrogens (tertiary/aromatic N) is 3. The molecule has 3 aromatic rings. The van der Waals surface area contributed by atoms with Crippen LogP contribution in [0.2, 0.25) is 0 Å². The third kappa shape index (κ3) is 2.94. The molecule has 3 atom stereocenters. The first-order chi connectivity index (χ1) is 14.1. The van der Waals surface area contributed by atoms with Gasteiger partial charge in [0, 0.05) is 49.4 Å². The van der Waals surface area contributed by atoms with E-state index in [9.17, 15) is 9.18 Å². The lowest BCUT2D eigenvalue weighted by atomic mass is 10.0. The van der Waals surface area contributed by atoms with Gasteiger partial charge in [-0.25, -0.2) is 19.8 Å². The van der Waals surface area contributed by atoms with Crippen LogP contribution in [0.4, 0.5) is 4.39 Å². The van der Waals surface area contributed by atoms with Gasteiger partial charge in [0.2, 0.25) is 0 Å². The molecule has 1 aliphatic carbocycles. The molecule has 8 nitrogen and oxygen atoms in total. The summed E-state index contributed by atoms with van der Waals surface area (Å²) < 4.78 is 13.3. The Kier molecular flexibility index (Phi) is 4.23. The molecular weight excluding hydrogens is 375 g/mol. The fraction of sp³-hybridized carbons (Fsp3) is 0.300. The van der Waals surface area contributed by atoms with Crippen LogP contribution in [0.3, 0.4) is 0 Å². The maximum absolute atomic E-state index is 13.3. The highest BCUT2D eigenvalue weighted by atomic mass is 19.1. The summed E-state index contributed by atoms with van der Waals surface area (Å²) >= 11 is 0. The van der Waals surface area contributed by atoms with E-state index < -0.39 is 5.91 Å². The highest BCUT2D eigenvalue weighted by Gasteiger charge is 2.69. The SMILES string of the molecule is O=C(NO)c1cnc(C23CNCC2C3NCc2ccc3cc(F)ccc3n2)nc1. The maximum atomic E-state index is 13.3. The van der Waals surface area contributed by atoms with Crippen molar-refractivity contribution in [1.29, 1.82) is 0 Å². The molecule has 1 aliphatic heterocycles. The van der Waals surface area contributed by atoms with Gasteiger partial charge in [-0.3, -0.25) is 15.0 Å². The van der Waals surface area contributed by atoms with Crippen molar-refractivity contribution in [3.05, 3.63) is 65.6 Å². The van der Waals surface area contributed by atoms with Crippen molar-refractivity contribution >= 4 is 16.8 Å².